The first-order valence-electron chi connectivity index (χ1n) is 15.5. The van der Waals surface area contributed by atoms with Gasteiger partial charge in [-0.15, -0.1) is 0 Å². The van der Waals surface area contributed by atoms with Crippen LogP contribution in [0.3, 0.4) is 0 Å². The summed E-state index contributed by atoms with van der Waals surface area (Å²) < 4.78 is 1.95. The van der Waals surface area contributed by atoms with E-state index >= 15 is 0 Å². The van der Waals surface area contributed by atoms with Gasteiger partial charge in [-0.3, -0.25) is 19.2 Å². The van der Waals surface area contributed by atoms with Crippen LogP contribution in [0.5, 0.6) is 0 Å². The van der Waals surface area contributed by atoms with Gasteiger partial charge >= 0.3 is 0 Å². The highest BCUT2D eigenvalue weighted by atomic mass is 16.1. The average molecular weight is 601 g/mol. The predicted molar refractivity (Wildman–Crippen MR) is 180 cm³/mol. The molecule has 0 spiro atoms. The Kier molecular flexibility index (Phi) is 8.69. The molecule has 3 N–H and O–H groups in total. The van der Waals surface area contributed by atoms with Gasteiger partial charge in [0.1, 0.15) is 5.69 Å². The lowest BCUT2D eigenvalue weighted by atomic mass is 9.99. The van der Waals surface area contributed by atoms with E-state index in [9.17, 15) is 4.79 Å². The number of nitrogens with one attached hydrogen (secondary N) is 3. The van der Waals surface area contributed by atoms with Crippen molar-refractivity contribution >= 4 is 28.6 Å². The van der Waals surface area contributed by atoms with Crippen LogP contribution in [-0.2, 0) is 13.0 Å². The number of pyridine rings is 1. The number of hydrogen-bond donors (Lipinski definition) is 3. The Morgan fingerprint density at radius 1 is 1.07 bits per heavy atom. The number of aromatic amines is 1. The van der Waals surface area contributed by atoms with Crippen molar-refractivity contribution in [2.75, 3.05) is 37.8 Å². The summed E-state index contributed by atoms with van der Waals surface area (Å²) in [5, 5.41) is 13.3. The summed E-state index contributed by atoms with van der Waals surface area (Å²) >= 11 is 0. The van der Waals surface area contributed by atoms with Crippen LogP contribution in [-0.4, -0.2) is 68.5 Å². The number of aryl methyl sites for hydroxylation is 3. The van der Waals surface area contributed by atoms with Crippen LogP contribution in [0.1, 0.15) is 57.2 Å². The maximum Gasteiger partial charge on any atom is 0.255 e. The minimum atomic E-state index is -0.136. The van der Waals surface area contributed by atoms with Crippen LogP contribution in [0.2, 0.25) is 0 Å². The van der Waals surface area contributed by atoms with E-state index < -0.39 is 0 Å². The topological polar surface area (TPSA) is 93.6 Å². The Labute approximate surface area is 264 Å². The van der Waals surface area contributed by atoms with Gasteiger partial charge in [0.05, 0.1) is 23.8 Å². The number of likely N-dealkylation sites (N-methyl/N-ethyl adjacent to an activating group) is 1. The molecule has 4 heterocycles. The van der Waals surface area contributed by atoms with Crippen molar-refractivity contribution in [1.82, 2.24) is 29.4 Å². The third kappa shape index (κ3) is 6.63. The van der Waals surface area contributed by atoms with Crippen molar-refractivity contribution < 1.29 is 4.79 Å². The second-order valence-electron chi connectivity index (χ2n) is 12.0. The summed E-state index contributed by atoms with van der Waals surface area (Å²) in [6, 6.07) is 14.8. The van der Waals surface area contributed by atoms with Crippen molar-refractivity contribution in [3.8, 4) is 11.8 Å². The molecule has 0 radical (unpaired) electrons. The minimum Gasteiger partial charge on any atom is -0.350 e. The third-order valence-electron chi connectivity index (χ3n) is 8.67. The normalized spacial score (nSPS) is 14.9. The lowest BCUT2D eigenvalue weighted by Gasteiger charge is -2.21. The number of benzene rings is 2. The highest BCUT2D eigenvalue weighted by Gasteiger charge is 2.24. The molecule has 45 heavy (non-hydrogen) atoms. The Balaban J connectivity index is 1.19. The number of likely N-dealkylation sites (tertiary alicyclic amines) is 1. The largest absolute Gasteiger partial charge is 0.350 e. The van der Waals surface area contributed by atoms with Crippen molar-refractivity contribution in [2.24, 2.45) is 0 Å². The number of carbonyl (C=O) groups is 1. The molecule has 3 aromatic heterocycles. The molecule has 0 bridgehead atoms. The van der Waals surface area contributed by atoms with Gasteiger partial charge in [-0.05, 0) is 99.3 Å². The van der Waals surface area contributed by atoms with E-state index in [1.54, 1.807) is 18.6 Å². The fourth-order valence-corrected chi connectivity index (χ4v) is 6.04. The minimum absolute atomic E-state index is 0.136. The second kappa shape index (κ2) is 13.0. The highest BCUT2D eigenvalue weighted by molar-refractivity contribution is 6.05. The summed E-state index contributed by atoms with van der Waals surface area (Å²) in [5.41, 5.74) is 9.98. The lowest BCUT2D eigenvalue weighted by molar-refractivity contribution is 0.102. The summed E-state index contributed by atoms with van der Waals surface area (Å²) in [6.45, 7) is 9.31. The fourth-order valence-electron chi connectivity index (χ4n) is 6.04. The molecule has 1 atom stereocenters. The number of anilines is 3. The molecule has 9 nitrogen and oxygen atoms in total. The number of nitrogens with zero attached hydrogens (tertiary/aromatic N) is 5. The standard InChI is InChI=1S/C36H40N8O/c1-6-26-17-29(11-9-28(26)22-43-15-13-32(23-43)42(4)5)41-36(45)33-18-27(24(2)16-25(33)3)10-12-31-21-37-35-34(8-7-14-44(31)35)40-30-19-38-39-20-30/h7-9,11,14,16-21,32,40H,6,13,15,22-23H2,1-5H3,(H,38,39)(H,41,45). The second-order valence-corrected chi connectivity index (χ2v) is 12.0. The van der Waals surface area contributed by atoms with E-state index in [1.807, 2.05) is 54.8 Å². The Bertz CT molecular complexity index is 1890. The van der Waals surface area contributed by atoms with Crippen LogP contribution in [0.25, 0.3) is 5.65 Å². The molecule has 5 aromatic rings. The number of fused-ring (bicyclic) bond motifs is 1. The average Bonchev–Trinajstić information content (AvgIpc) is 3.80. The number of carbonyl (C=O) groups excluding carboxylic acids is 1. The van der Waals surface area contributed by atoms with Crippen LogP contribution < -0.4 is 10.6 Å². The number of aromatic nitrogens is 4. The van der Waals surface area contributed by atoms with Gasteiger partial charge in [0.2, 0.25) is 0 Å². The Morgan fingerprint density at radius 2 is 1.93 bits per heavy atom. The van der Waals surface area contributed by atoms with Gasteiger partial charge in [-0.2, -0.15) is 5.10 Å². The van der Waals surface area contributed by atoms with E-state index in [-0.39, 0.29) is 5.91 Å². The van der Waals surface area contributed by atoms with Gasteiger partial charge in [0.25, 0.3) is 5.91 Å². The van der Waals surface area contributed by atoms with E-state index in [1.165, 1.54) is 17.5 Å². The van der Waals surface area contributed by atoms with Crippen LogP contribution in [0.15, 0.2) is 67.3 Å². The predicted octanol–water partition coefficient (Wildman–Crippen LogP) is 5.77. The zero-order chi connectivity index (χ0) is 31.5. The summed E-state index contributed by atoms with van der Waals surface area (Å²) in [7, 11) is 4.32. The number of amides is 1. The molecule has 0 saturated carbocycles. The molecular weight excluding hydrogens is 560 g/mol. The Morgan fingerprint density at radius 3 is 2.69 bits per heavy atom. The van der Waals surface area contributed by atoms with E-state index in [0.717, 1.165) is 71.1 Å². The van der Waals surface area contributed by atoms with E-state index in [0.29, 0.717) is 11.6 Å². The maximum absolute atomic E-state index is 13.5. The van der Waals surface area contributed by atoms with Crippen molar-refractivity contribution in [2.45, 2.75) is 46.2 Å². The summed E-state index contributed by atoms with van der Waals surface area (Å²) in [4.78, 5) is 23.0. The molecule has 1 amide bonds. The van der Waals surface area contributed by atoms with Crippen molar-refractivity contribution in [3.63, 3.8) is 0 Å². The van der Waals surface area contributed by atoms with Gasteiger partial charge in [-0.1, -0.05) is 25.0 Å². The van der Waals surface area contributed by atoms with Crippen LogP contribution in [0.4, 0.5) is 17.1 Å². The number of rotatable bonds is 8. The molecular formula is C36H40N8O. The third-order valence-corrected chi connectivity index (χ3v) is 8.67. The molecule has 1 fully saturated rings. The number of imidazole rings is 1. The molecule has 6 rings (SSSR count). The zero-order valence-corrected chi connectivity index (χ0v) is 26.6. The smallest absolute Gasteiger partial charge is 0.255 e. The molecule has 1 saturated heterocycles. The summed E-state index contributed by atoms with van der Waals surface area (Å²) in [5.74, 6) is 6.43. The first-order valence-corrected chi connectivity index (χ1v) is 15.5. The van der Waals surface area contributed by atoms with Gasteiger partial charge in [0, 0.05) is 54.9 Å². The zero-order valence-electron chi connectivity index (χ0n) is 26.6. The highest BCUT2D eigenvalue weighted by Crippen LogP contribution is 2.24. The quantitative estimate of drug-likeness (QED) is 0.196. The van der Waals surface area contributed by atoms with Gasteiger partial charge < -0.3 is 15.5 Å². The molecule has 2 aromatic carbocycles. The first-order chi connectivity index (χ1) is 21.8. The van der Waals surface area contributed by atoms with E-state index in [2.05, 4.69) is 80.6 Å². The summed E-state index contributed by atoms with van der Waals surface area (Å²) in [6.07, 6.45) is 9.32. The lowest BCUT2D eigenvalue weighted by Crippen LogP contribution is -2.31. The molecule has 9 heteroatoms. The fraction of sp³-hybridized carbons (Fsp3) is 0.306. The van der Waals surface area contributed by atoms with Gasteiger partial charge in [0.15, 0.2) is 5.65 Å². The van der Waals surface area contributed by atoms with Gasteiger partial charge in [-0.25, -0.2) is 4.98 Å². The molecule has 1 aliphatic rings. The Hall–Kier alpha value is -4.91. The molecule has 1 aliphatic heterocycles. The number of hydrogen-bond acceptors (Lipinski definition) is 6. The van der Waals surface area contributed by atoms with Crippen molar-refractivity contribution in [3.05, 3.63) is 106 Å². The van der Waals surface area contributed by atoms with E-state index in [4.69, 9.17) is 0 Å². The molecule has 1 unspecified atom stereocenters. The molecule has 230 valence electrons. The van der Waals surface area contributed by atoms with Crippen LogP contribution in [0, 0.1) is 25.7 Å². The number of H-pyrrole nitrogens is 1. The van der Waals surface area contributed by atoms with Crippen molar-refractivity contribution in [1.29, 1.82) is 0 Å². The molecule has 0 aliphatic carbocycles. The first kappa shape index (κ1) is 30.1. The maximum atomic E-state index is 13.5. The SMILES string of the molecule is CCc1cc(NC(=O)c2cc(C#Cc3cnc4c(Nc5cn[nH]c5)cccn34)c(C)cc2C)ccc1CN1CCC(N(C)C)C1. The monoisotopic (exact) mass is 600 g/mol. The van der Waals surface area contributed by atoms with Crippen LogP contribution >= 0.6 is 0 Å².